The fraction of sp³-hybridized carbons (Fsp3) is 0.793. The quantitative estimate of drug-likeness (QED) is 0.443. The maximum absolute atomic E-state index is 6.14. The lowest BCUT2D eigenvalue weighted by Crippen LogP contribution is -2.54. The molecule has 5 rings (SSSR count). The van der Waals surface area contributed by atoms with Crippen LogP contribution in [-0.2, 0) is 0 Å². The Labute approximate surface area is 206 Å². The number of aromatic amines is 1. The second-order valence-electron chi connectivity index (χ2n) is 12.6. The SMILES string of the molecule is CCC[C@@H](C)[C@H]1CCC2C3CCC4CC(c5cc[nH]c(=S)c5)C(=S)C[C@]4(C)C3CC[C@@]21C. The molecule has 4 aliphatic carbocycles. The van der Waals surface area contributed by atoms with Gasteiger partial charge in [0.15, 0.2) is 0 Å². The fourth-order valence-electron chi connectivity index (χ4n) is 9.74. The lowest BCUT2D eigenvalue weighted by molar-refractivity contribution is -0.103. The smallest absolute Gasteiger partial charge is 0.103 e. The Kier molecular flexibility index (Phi) is 6.23. The molecule has 0 spiro atoms. The van der Waals surface area contributed by atoms with Crippen molar-refractivity contribution in [2.24, 2.45) is 46.3 Å². The number of hydrogen-bond acceptors (Lipinski definition) is 2. The normalized spacial score (nSPS) is 44.4. The number of fused-ring (bicyclic) bond motifs is 5. The third kappa shape index (κ3) is 3.60. The molecule has 9 atom stereocenters. The van der Waals surface area contributed by atoms with E-state index in [4.69, 9.17) is 24.4 Å². The van der Waals surface area contributed by atoms with E-state index in [-0.39, 0.29) is 0 Å². The second-order valence-corrected chi connectivity index (χ2v) is 13.5. The first-order valence-electron chi connectivity index (χ1n) is 13.5. The fourth-order valence-corrected chi connectivity index (χ4v) is 10.5. The van der Waals surface area contributed by atoms with Crippen molar-refractivity contribution in [3.8, 4) is 0 Å². The van der Waals surface area contributed by atoms with E-state index in [0.717, 1.165) is 46.6 Å². The summed E-state index contributed by atoms with van der Waals surface area (Å²) >= 11 is 11.6. The monoisotopic (exact) mass is 469 g/mol. The van der Waals surface area contributed by atoms with Gasteiger partial charge in [0.05, 0.1) is 0 Å². The number of aromatic nitrogens is 1. The highest BCUT2D eigenvalue weighted by Gasteiger charge is 2.61. The lowest BCUT2D eigenvalue weighted by atomic mass is 9.43. The molecule has 176 valence electrons. The van der Waals surface area contributed by atoms with Crippen LogP contribution in [0, 0.1) is 51.0 Å². The molecule has 3 heteroatoms. The topological polar surface area (TPSA) is 15.8 Å². The van der Waals surface area contributed by atoms with Gasteiger partial charge in [-0.3, -0.25) is 0 Å². The van der Waals surface area contributed by atoms with Gasteiger partial charge in [-0.25, -0.2) is 0 Å². The van der Waals surface area contributed by atoms with Crippen molar-refractivity contribution in [1.82, 2.24) is 4.98 Å². The van der Waals surface area contributed by atoms with E-state index in [1.165, 1.54) is 68.2 Å². The summed E-state index contributed by atoms with van der Waals surface area (Å²) in [6, 6.07) is 4.37. The van der Waals surface area contributed by atoms with E-state index < -0.39 is 0 Å². The zero-order valence-corrected chi connectivity index (χ0v) is 22.3. The first-order valence-corrected chi connectivity index (χ1v) is 14.3. The zero-order chi connectivity index (χ0) is 22.7. The summed E-state index contributed by atoms with van der Waals surface area (Å²) in [6.07, 6.45) is 15.9. The molecule has 5 unspecified atom stereocenters. The van der Waals surface area contributed by atoms with Crippen LogP contribution in [0.3, 0.4) is 0 Å². The Morgan fingerprint density at radius 3 is 2.59 bits per heavy atom. The van der Waals surface area contributed by atoms with Gasteiger partial charge in [0, 0.05) is 17.0 Å². The Bertz CT molecular complexity index is 920. The van der Waals surface area contributed by atoms with E-state index in [1.807, 2.05) is 6.20 Å². The second kappa shape index (κ2) is 8.59. The number of rotatable bonds is 4. The maximum Gasteiger partial charge on any atom is 0.103 e. The average molecular weight is 470 g/mol. The third-order valence-corrected chi connectivity index (χ3v) is 11.9. The predicted octanol–water partition coefficient (Wildman–Crippen LogP) is 8.90. The van der Waals surface area contributed by atoms with Crippen molar-refractivity contribution in [2.75, 3.05) is 0 Å². The van der Waals surface area contributed by atoms with E-state index in [1.54, 1.807) is 0 Å². The first kappa shape index (κ1) is 23.2. The average Bonchev–Trinajstić information content (AvgIpc) is 3.10. The molecular formula is C29H43NS2. The Balaban J connectivity index is 1.38. The largest absolute Gasteiger partial charge is 0.353 e. The molecule has 1 heterocycles. The maximum atomic E-state index is 6.14. The molecule has 32 heavy (non-hydrogen) atoms. The molecule has 0 aliphatic heterocycles. The highest BCUT2D eigenvalue weighted by atomic mass is 32.1. The highest BCUT2D eigenvalue weighted by molar-refractivity contribution is 7.80. The summed E-state index contributed by atoms with van der Waals surface area (Å²) in [5.41, 5.74) is 2.36. The van der Waals surface area contributed by atoms with Crippen molar-refractivity contribution in [3.05, 3.63) is 28.5 Å². The molecule has 4 fully saturated rings. The third-order valence-electron chi connectivity index (χ3n) is 11.2. The minimum Gasteiger partial charge on any atom is -0.353 e. The van der Waals surface area contributed by atoms with Crippen LogP contribution in [0.4, 0.5) is 0 Å². The number of pyridine rings is 1. The Morgan fingerprint density at radius 1 is 1.06 bits per heavy atom. The van der Waals surface area contributed by atoms with Gasteiger partial charge in [0.2, 0.25) is 0 Å². The van der Waals surface area contributed by atoms with Gasteiger partial charge >= 0.3 is 0 Å². The standard InChI is InChI=1S/C29H43NS2/c1-5-6-18(2)23-9-10-24-21-8-7-20-16-22(19-12-14-30-27(32)15-19)26(31)17-29(20,4)25(21)11-13-28(23,24)3/h12,14-15,18,20-25H,5-11,13,16-17H2,1-4H3,(H,30,32)/t18-,20?,21?,22?,23-,24?,25?,28-,29+/m1/s1. The van der Waals surface area contributed by atoms with E-state index >= 15 is 0 Å². The first-order chi connectivity index (χ1) is 15.3. The van der Waals surface area contributed by atoms with Crippen LogP contribution in [0.15, 0.2) is 18.3 Å². The number of H-pyrrole nitrogens is 1. The van der Waals surface area contributed by atoms with Gasteiger partial charge in [0.1, 0.15) is 4.64 Å². The van der Waals surface area contributed by atoms with Crippen LogP contribution >= 0.6 is 24.4 Å². The van der Waals surface area contributed by atoms with Crippen LogP contribution in [-0.4, -0.2) is 9.85 Å². The molecule has 0 saturated heterocycles. The molecule has 0 bridgehead atoms. The van der Waals surface area contributed by atoms with Crippen LogP contribution in [0.5, 0.6) is 0 Å². The summed E-state index contributed by atoms with van der Waals surface area (Å²) in [4.78, 5) is 4.45. The van der Waals surface area contributed by atoms with E-state index in [0.29, 0.717) is 16.7 Å². The lowest BCUT2D eigenvalue weighted by Gasteiger charge is -2.61. The molecule has 4 saturated carbocycles. The van der Waals surface area contributed by atoms with Crippen molar-refractivity contribution < 1.29 is 0 Å². The number of thiocarbonyl (C=S) groups is 1. The molecule has 4 aliphatic rings. The Morgan fingerprint density at radius 2 is 1.84 bits per heavy atom. The van der Waals surface area contributed by atoms with Crippen LogP contribution in [0.2, 0.25) is 0 Å². The highest BCUT2D eigenvalue weighted by Crippen LogP contribution is 2.68. The predicted molar refractivity (Wildman–Crippen MR) is 142 cm³/mol. The van der Waals surface area contributed by atoms with Gasteiger partial charge in [-0.15, -0.1) is 0 Å². The Hall–Kier alpha value is -0.540. The summed E-state index contributed by atoms with van der Waals surface area (Å²) in [5, 5.41) is 0. The van der Waals surface area contributed by atoms with Crippen molar-refractivity contribution >= 4 is 29.3 Å². The molecular weight excluding hydrogens is 426 g/mol. The summed E-state index contributed by atoms with van der Waals surface area (Å²) in [6.45, 7) is 10.3. The van der Waals surface area contributed by atoms with E-state index in [9.17, 15) is 0 Å². The van der Waals surface area contributed by atoms with Gasteiger partial charge in [-0.2, -0.15) is 0 Å². The summed E-state index contributed by atoms with van der Waals surface area (Å²) in [7, 11) is 0. The van der Waals surface area contributed by atoms with E-state index in [2.05, 4.69) is 44.8 Å². The molecule has 1 N–H and O–H groups in total. The minimum absolute atomic E-state index is 0.419. The van der Waals surface area contributed by atoms with Crippen LogP contribution < -0.4 is 0 Å². The van der Waals surface area contributed by atoms with Crippen LogP contribution in [0.1, 0.15) is 103 Å². The van der Waals surface area contributed by atoms with Gasteiger partial charge in [-0.05, 0) is 115 Å². The molecule has 0 aromatic carbocycles. The number of nitrogens with one attached hydrogen (secondary N) is 1. The van der Waals surface area contributed by atoms with Gasteiger partial charge in [0.25, 0.3) is 0 Å². The van der Waals surface area contributed by atoms with Gasteiger partial charge < -0.3 is 4.98 Å². The van der Waals surface area contributed by atoms with Crippen LogP contribution in [0.25, 0.3) is 0 Å². The zero-order valence-electron chi connectivity index (χ0n) is 20.7. The molecule has 1 nitrogen and oxygen atoms in total. The molecule has 0 amide bonds. The van der Waals surface area contributed by atoms with Crippen molar-refractivity contribution in [3.63, 3.8) is 0 Å². The molecule has 1 aromatic rings. The molecule has 1 aromatic heterocycles. The summed E-state index contributed by atoms with van der Waals surface area (Å²) < 4.78 is 0.835. The van der Waals surface area contributed by atoms with Crippen molar-refractivity contribution in [2.45, 2.75) is 97.8 Å². The van der Waals surface area contributed by atoms with Crippen molar-refractivity contribution in [1.29, 1.82) is 0 Å². The summed E-state index contributed by atoms with van der Waals surface area (Å²) in [5.74, 6) is 5.89. The van der Waals surface area contributed by atoms with Gasteiger partial charge in [-0.1, -0.05) is 65.0 Å². The molecule has 0 radical (unpaired) electrons. The number of hydrogen-bond donors (Lipinski definition) is 1. The minimum atomic E-state index is 0.419.